The monoisotopic (exact) mass is 247 g/mol. The van der Waals surface area contributed by atoms with Crippen LogP contribution >= 0.6 is 11.3 Å². The molecule has 2 aromatic rings. The molecule has 0 saturated heterocycles. The molecule has 0 radical (unpaired) electrons. The smallest absolute Gasteiger partial charge is 0.148 e. The summed E-state index contributed by atoms with van der Waals surface area (Å²) in [6.07, 6.45) is 1.98. The summed E-state index contributed by atoms with van der Waals surface area (Å²) in [6.45, 7) is 3.12. The fraction of sp³-hybridized carbons (Fsp3) is 0.385. The van der Waals surface area contributed by atoms with E-state index < -0.39 is 0 Å². The molecule has 0 bridgehead atoms. The summed E-state index contributed by atoms with van der Waals surface area (Å²) in [5.74, 6) is 0. The Balaban J connectivity index is 2.24. The Morgan fingerprint density at radius 2 is 2.06 bits per heavy atom. The Kier molecular flexibility index (Phi) is 4.23. The van der Waals surface area contributed by atoms with Gasteiger partial charge in [0.2, 0.25) is 0 Å². The minimum atomic E-state index is 0.947. The molecule has 0 amide bonds. The maximum absolute atomic E-state index is 4.29. The van der Waals surface area contributed by atoms with Crippen LogP contribution in [0.1, 0.15) is 17.5 Å². The van der Waals surface area contributed by atoms with Crippen LogP contribution in [0.25, 0.3) is 10.6 Å². The molecular formula is C13H17N3S. The summed E-state index contributed by atoms with van der Waals surface area (Å²) in [7, 11) is 1.95. The normalized spacial score (nSPS) is 10.7. The second-order valence-electron chi connectivity index (χ2n) is 3.87. The number of benzene rings is 1. The van der Waals surface area contributed by atoms with Gasteiger partial charge in [-0.15, -0.1) is 10.2 Å². The molecule has 2 rings (SSSR count). The summed E-state index contributed by atoms with van der Waals surface area (Å²) < 4.78 is 0. The van der Waals surface area contributed by atoms with Crippen LogP contribution in [0.5, 0.6) is 0 Å². The van der Waals surface area contributed by atoms with Gasteiger partial charge in [0.25, 0.3) is 0 Å². The van der Waals surface area contributed by atoms with E-state index in [0.29, 0.717) is 0 Å². The van der Waals surface area contributed by atoms with Crippen molar-refractivity contribution in [3.05, 3.63) is 34.8 Å². The lowest BCUT2D eigenvalue weighted by molar-refractivity contribution is 0.779. The predicted molar refractivity (Wildman–Crippen MR) is 72.4 cm³/mol. The number of hydrogen-bond acceptors (Lipinski definition) is 4. The number of nitrogens with zero attached hydrogens (tertiary/aromatic N) is 2. The van der Waals surface area contributed by atoms with Gasteiger partial charge in [-0.25, -0.2) is 0 Å². The highest BCUT2D eigenvalue weighted by Gasteiger charge is 2.09. The maximum atomic E-state index is 4.29. The second-order valence-corrected chi connectivity index (χ2v) is 4.93. The summed E-state index contributed by atoms with van der Waals surface area (Å²) in [6, 6.07) is 8.42. The summed E-state index contributed by atoms with van der Waals surface area (Å²) in [5, 5.41) is 13.8. The lowest BCUT2D eigenvalue weighted by Gasteiger charge is -2.02. The van der Waals surface area contributed by atoms with E-state index in [2.05, 4.69) is 46.7 Å². The third kappa shape index (κ3) is 2.90. The van der Waals surface area contributed by atoms with E-state index in [0.717, 1.165) is 29.4 Å². The van der Waals surface area contributed by atoms with Crippen LogP contribution in [-0.2, 0) is 12.8 Å². The van der Waals surface area contributed by atoms with Crippen LogP contribution in [-0.4, -0.2) is 23.8 Å². The highest BCUT2D eigenvalue weighted by Crippen LogP contribution is 2.27. The van der Waals surface area contributed by atoms with Crippen LogP contribution in [0.3, 0.4) is 0 Å². The maximum Gasteiger partial charge on any atom is 0.148 e. The SMILES string of the molecule is CCc1ccccc1-c1nnc(CCNC)s1. The van der Waals surface area contributed by atoms with Crippen molar-refractivity contribution in [3.63, 3.8) is 0 Å². The van der Waals surface area contributed by atoms with Gasteiger partial charge >= 0.3 is 0 Å². The van der Waals surface area contributed by atoms with Gasteiger partial charge in [-0.3, -0.25) is 0 Å². The molecule has 1 aromatic carbocycles. The van der Waals surface area contributed by atoms with Crippen molar-refractivity contribution in [2.75, 3.05) is 13.6 Å². The minimum absolute atomic E-state index is 0.947. The molecular weight excluding hydrogens is 230 g/mol. The third-order valence-corrected chi connectivity index (χ3v) is 3.70. The summed E-state index contributed by atoms with van der Waals surface area (Å²) >= 11 is 1.69. The van der Waals surface area contributed by atoms with Gasteiger partial charge in [0.15, 0.2) is 0 Å². The van der Waals surface area contributed by atoms with Crippen LogP contribution < -0.4 is 5.32 Å². The third-order valence-electron chi connectivity index (χ3n) is 2.68. The van der Waals surface area contributed by atoms with Crippen molar-refractivity contribution < 1.29 is 0 Å². The average Bonchev–Trinajstić information content (AvgIpc) is 2.85. The van der Waals surface area contributed by atoms with Gasteiger partial charge in [0, 0.05) is 18.5 Å². The number of aryl methyl sites for hydroxylation is 1. The zero-order valence-corrected chi connectivity index (χ0v) is 11.0. The Morgan fingerprint density at radius 3 is 2.82 bits per heavy atom. The molecule has 17 heavy (non-hydrogen) atoms. The largest absolute Gasteiger partial charge is 0.319 e. The van der Waals surface area contributed by atoms with Crippen molar-refractivity contribution >= 4 is 11.3 Å². The number of aromatic nitrogens is 2. The first kappa shape index (κ1) is 12.2. The fourth-order valence-electron chi connectivity index (χ4n) is 1.73. The van der Waals surface area contributed by atoms with Crippen molar-refractivity contribution in [1.82, 2.24) is 15.5 Å². The standard InChI is InChI=1S/C13H17N3S/c1-3-10-6-4-5-7-11(10)13-16-15-12(17-13)8-9-14-2/h4-7,14H,3,8-9H2,1-2H3. The van der Waals surface area contributed by atoms with Crippen molar-refractivity contribution in [2.45, 2.75) is 19.8 Å². The molecule has 0 unspecified atom stereocenters. The zero-order chi connectivity index (χ0) is 12.1. The quantitative estimate of drug-likeness (QED) is 0.882. The molecule has 1 heterocycles. The van der Waals surface area contributed by atoms with E-state index in [1.54, 1.807) is 11.3 Å². The van der Waals surface area contributed by atoms with Crippen molar-refractivity contribution in [3.8, 4) is 10.6 Å². The first-order valence-electron chi connectivity index (χ1n) is 5.90. The molecule has 0 aliphatic rings. The lowest BCUT2D eigenvalue weighted by atomic mass is 10.1. The molecule has 0 spiro atoms. The van der Waals surface area contributed by atoms with Gasteiger partial charge in [-0.05, 0) is 19.0 Å². The molecule has 0 aliphatic carbocycles. The van der Waals surface area contributed by atoms with Crippen molar-refractivity contribution in [2.24, 2.45) is 0 Å². The van der Waals surface area contributed by atoms with Gasteiger partial charge in [-0.2, -0.15) is 0 Å². The molecule has 0 fully saturated rings. The molecule has 1 N–H and O–H groups in total. The molecule has 3 nitrogen and oxygen atoms in total. The molecule has 1 aromatic heterocycles. The van der Waals surface area contributed by atoms with Crippen LogP contribution in [0, 0.1) is 0 Å². The minimum Gasteiger partial charge on any atom is -0.319 e. The Bertz CT molecular complexity index is 479. The zero-order valence-electron chi connectivity index (χ0n) is 10.2. The Morgan fingerprint density at radius 1 is 1.24 bits per heavy atom. The predicted octanol–water partition coefficient (Wildman–Crippen LogP) is 2.53. The van der Waals surface area contributed by atoms with E-state index in [4.69, 9.17) is 0 Å². The topological polar surface area (TPSA) is 37.8 Å². The fourth-order valence-corrected chi connectivity index (χ4v) is 2.63. The lowest BCUT2D eigenvalue weighted by Crippen LogP contribution is -2.09. The van der Waals surface area contributed by atoms with E-state index >= 15 is 0 Å². The number of nitrogens with one attached hydrogen (secondary N) is 1. The first-order chi connectivity index (χ1) is 8.35. The highest BCUT2D eigenvalue weighted by molar-refractivity contribution is 7.14. The summed E-state index contributed by atoms with van der Waals surface area (Å²) in [4.78, 5) is 0. The van der Waals surface area contributed by atoms with Crippen LogP contribution in [0.15, 0.2) is 24.3 Å². The molecule has 0 aliphatic heterocycles. The Labute approximate surface area is 106 Å². The van der Waals surface area contributed by atoms with Crippen LogP contribution in [0.4, 0.5) is 0 Å². The summed E-state index contributed by atoms with van der Waals surface area (Å²) in [5.41, 5.74) is 2.56. The van der Waals surface area contributed by atoms with Gasteiger partial charge < -0.3 is 5.32 Å². The number of likely N-dealkylation sites (N-methyl/N-ethyl adjacent to an activating group) is 1. The molecule has 90 valence electrons. The van der Waals surface area contributed by atoms with Crippen LogP contribution in [0.2, 0.25) is 0 Å². The van der Waals surface area contributed by atoms with Gasteiger partial charge in [-0.1, -0.05) is 42.5 Å². The highest BCUT2D eigenvalue weighted by atomic mass is 32.1. The van der Waals surface area contributed by atoms with E-state index in [-0.39, 0.29) is 0 Å². The Hall–Kier alpha value is -1.26. The molecule has 0 saturated carbocycles. The van der Waals surface area contributed by atoms with Gasteiger partial charge in [0.05, 0.1) is 0 Å². The van der Waals surface area contributed by atoms with E-state index in [1.807, 2.05) is 7.05 Å². The second kappa shape index (κ2) is 5.89. The first-order valence-corrected chi connectivity index (χ1v) is 6.72. The average molecular weight is 247 g/mol. The number of hydrogen-bond donors (Lipinski definition) is 1. The van der Waals surface area contributed by atoms with Crippen molar-refractivity contribution in [1.29, 1.82) is 0 Å². The number of rotatable bonds is 5. The van der Waals surface area contributed by atoms with E-state index in [9.17, 15) is 0 Å². The molecule has 0 atom stereocenters. The van der Waals surface area contributed by atoms with Gasteiger partial charge in [0.1, 0.15) is 10.0 Å². The van der Waals surface area contributed by atoms with E-state index in [1.165, 1.54) is 11.1 Å². The molecule has 4 heteroatoms.